The van der Waals surface area contributed by atoms with Crippen molar-refractivity contribution in [1.29, 1.82) is 0 Å². The van der Waals surface area contributed by atoms with Crippen molar-refractivity contribution in [2.24, 2.45) is 16.7 Å². The Hall–Kier alpha value is -2.85. The quantitative estimate of drug-likeness (QED) is 0.0658. The monoisotopic (exact) mass is 869 g/mol. The summed E-state index contributed by atoms with van der Waals surface area (Å²) in [5.74, 6) is 0.930. The second kappa shape index (κ2) is 16.7. The molecular weight excluding hydrogens is 811 g/mol. The maximum atomic E-state index is 12.2. The second-order valence-electron chi connectivity index (χ2n) is 15.8. The number of aromatic nitrogens is 1. The van der Waals surface area contributed by atoms with E-state index in [-0.39, 0.29) is 47.9 Å². The Morgan fingerprint density at radius 2 is 1.46 bits per heavy atom. The fourth-order valence-electron chi connectivity index (χ4n) is 6.36. The molecule has 5 rings (SSSR count). The van der Waals surface area contributed by atoms with E-state index in [0.717, 1.165) is 43.4 Å². The van der Waals surface area contributed by atoms with Crippen molar-refractivity contribution in [3.8, 4) is 11.3 Å². The molecular formula is C45H58IrNO2S-. The van der Waals surface area contributed by atoms with Gasteiger partial charge in [-0.3, -0.25) is 9.78 Å². The molecule has 3 aromatic carbocycles. The largest absolute Gasteiger partial charge is 0.512 e. The van der Waals surface area contributed by atoms with Crippen molar-refractivity contribution in [3.63, 3.8) is 0 Å². The number of aliphatic hydroxyl groups excluding tert-OH is 1. The van der Waals surface area contributed by atoms with Crippen LogP contribution in [0, 0.1) is 29.7 Å². The summed E-state index contributed by atoms with van der Waals surface area (Å²) in [6.07, 6.45) is 7.83. The summed E-state index contributed by atoms with van der Waals surface area (Å²) in [4.78, 5) is 18.5. The van der Waals surface area contributed by atoms with Crippen LogP contribution in [0.15, 0.2) is 66.6 Å². The smallest absolute Gasteiger partial charge is 0.164 e. The molecule has 0 saturated heterocycles. The van der Waals surface area contributed by atoms with Crippen molar-refractivity contribution < 1.29 is 30.0 Å². The van der Waals surface area contributed by atoms with E-state index in [0.29, 0.717) is 5.92 Å². The van der Waals surface area contributed by atoms with E-state index in [2.05, 4.69) is 96.1 Å². The Labute approximate surface area is 319 Å². The summed E-state index contributed by atoms with van der Waals surface area (Å²) in [5.41, 5.74) is 4.33. The minimum absolute atomic E-state index is 0. The van der Waals surface area contributed by atoms with Crippen LogP contribution < -0.4 is 0 Å². The van der Waals surface area contributed by atoms with E-state index in [1.165, 1.54) is 53.7 Å². The summed E-state index contributed by atoms with van der Waals surface area (Å²) in [6, 6.07) is 21.5. The first-order chi connectivity index (χ1) is 23.0. The molecule has 0 aliphatic carbocycles. The molecule has 50 heavy (non-hydrogen) atoms. The number of thiophene rings is 1. The van der Waals surface area contributed by atoms with E-state index in [4.69, 9.17) is 4.98 Å². The molecule has 0 saturated carbocycles. The maximum Gasteiger partial charge on any atom is 0.164 e. The molecule has 5 aromatic rings. The summed E-state index contributed by atoms with van der Waals surface area (Å²) in [6.45, 7) is 25.8. The fourth-order valence-corrected chi connectivity index (χ4v) is 7.87. The number of rotatable bonds is 10. The third-order valence-corrected chi connectivity index (χ3v) is 12.3. The number of carbonyl (C=O) groups excluding carboxylic acids is 1. The Morgan fingerprint density at radius 1 is 0.880 bits per heavy atom. The number of pyridine rings is 1. The molecule has 1 N–H and O–H groups in total. The topological polar surface area (TPSA) is 50.2 Å². The molecule has 2 heterocycles. The normalized spacial score (nSPS) is 12.7. The third kappa shape index (κ3) is 8.77. The van der Waals surface area contributed by atoms with Crippen molar-refractivity contribution in [1.82, 2.24) is 4.98 Å². The number of benzene rings is 3. The van der Waals surface area contributed by atoms with Gasteiger partial charge in [0.1, 0.15) is 5.76 Å². The van der Waals surface area contributed by atoms with Crippen LogP contribution >= 0.6 is 11.3 Å². The molecule has 0 unspecified atom stereocenters. The Kier molecular flexibility index (Phi) is 13.8. The average molecular weight is 869 g/mol. The van der Waals surface area contributed by atoms with Gasteiger partial charge in [0, 0.05) is 58.5 Å². The van der Waals surface area contributed by atoms with Crippen LogP contribution in [-0.2, 0) is 36.7 Å². The molecule has 0 atom stereocenters. The van der Waals surface area contributed by atoms with Gasteiger partial charge in [-0.15, -0.1) is 40.5 Å². The van der Waals surface area contributed by atoms with Gasteiger partial charge in [-0.25, -0.2) is 0 Å². The molecule has 2 aromatic heterocycles. The van der Waals surface area contributed by atoms with Crippen LogP contribution in [0.4, 0.5) is 0 Å². The van der Waals surface area contributed by atoms with Gasteiger partial charge in [0.15, 0.2) is 5.78 Å². The zero-order valence-electron chi connectivity index (χ0n) is 32.4. The van der Waals surface area contributed by atoms with Gasteiger partial charge >= 0.3 is 0 Å². The zero-order chi connectivity index (χ0) is 36.3. The number of carbonyl (C=O) groups is 1. The first kappa shape index (κ1) is 41.6. The van der Waals surface area contributed by atoms with Crippen LogP contribution in [0.2, 0.25) is 0 Å². The summed E-state index contributed by atoms with van der Waals surface area (Å²) in [5, 5.41) is 16.5. The van der Waals surface area contributed by atoms with Gasteiger partial charge in [0.05, 0.1) is 0 Å². The summed E-state index contributed by atoms with van der Waals surface area (Å²) < 4.78 is 1.29. The Balaban J connectivity index is 0.000000323. The van der Waals surface area contributed by atoms with Crippen LogP contribution in [0.1, 0.15) is 118 Å². The van der Waals surface area contributed by atoms with Crippen LogP contribution in [-0.4, -0.2) is 15.9 Å². The second-order valence-corrected chi connectivity index (χ2v) is 16.9. The average Bonchev–Trinajstić information content (AvgIpc) is 3.39. The van der Waals surface area contributed by atoms with E-state index < -0.39 is 0 Å². The zero-order valence-corrected chi connectivity index (χ0v) is 35.6. The van der Waals surface area contributed by atoms with Crippen molar-refractivity contribution in [2.45, 2.75) is 121 Å². The number of aliphatic hydroxyl groups is 1. The van der Waals surface area contributed by atoms with Gasteiger partial charge < -0.3 is 5.11 Å². The fraction of sp³-hybridized carbons (Fsp3) is 0.467. The van der Waals surface area contributed by atoms with Gasteiger partial charge in [-0.2, -0.15) is 0 Å². The predicted octanol–water partition coefficient (Wildman–Crippen LogP) is 13.5. The molecule has 0 aliphatic heterocycles. The first-order valence-electron chi connectivity index (χ1n) is 18.2. The first-order valence-corrected chi connectivity index (χ1v) is 19.1. The van der Waals surface area contributed by atoms with E-state index in [1.807, 2.05) is 59.1 Å². The molecule has 0 fully saturated rings. The predicted molar refractivity (Wildman–Crippen MR) is 214 cm³/mol. The molecule has 0 spiro atoms. The molecule has 5 heteroatoms. The minimum Gasteiger partial charge on any atom is -0.512 e. The van der Waals surface area contributed by atoms with E-state index >= 15 is 0 Å². The Morgan fingerprint density at radius 3 is 2.00 bits per heavy atom. The van der Waals surface area contributed by atoms with Gasteiger partial charge in [0.2, 0.25) is 0 Å². The van der Waals surface area contributed by atoms with Crippen molar-refractivity contribution >= 4 is 48.8 Å². The number of ketones is 1. The van der Waals surface area contributed by atoms with Crippen LogP contribution in [0.25, 0.3) is 42.9 Å². The van der Waals surface area contributed by atoms with Crippen LogP contribution in [0.5, 0.6) is 0 Å². The number of hydrogen-bond donors (Lipinski definition) is 1. The standard InChI is InChI=1S/C30H30NS.C15H28O2.Ir/c1-18(2)13-27-19(3)24-11-12-31-28(29(24)32-27)23-15-22-14-20-9-7-8-10-21(20)16-25(22)26(17-23)30(4,5)6;1-7-14(5,8-2)12(16)11-13(17)15(6,9-3)10-4;/h7-12,14,16-18H,13H2,1-6H3;11,16H,7-10H2,1-6H3;/q-1;;/b;12-11-;. The van der Waals surface area contributed by atoms with E-state index in [1.54, 1.807) is 0 Å². The molecule has 0 amide bonds. The van der Waals surface area contributed by atoms with Crippen molar-refractivity contribution in [3.05, 3.63) is 88.6 Å². The molecule has 3 nitrogen and oxygen atoms in total. The minimum atomic E-state index is -0.337. The number of nitrogens with zero attached hydrogens (tertiary/aromatic N) is 1. The number of aryl methyl sites for hydroxylation is 1. The molecule has 0 aliphatic rings. The SMILES string of the molecule is CCC(C)(CC)C(=O)/C=C(\O)C(C)(CC)CC.Cc1c(CC(C)C)sc2c(-c3[c-]c4cc5ccccc5cc4c(C(C)(C)C)c3)nccc12.[Ir]. The third-order valence-electron chi connectivity index (χ3n) is 10.9. The Bertz CT molecular complexity index is 1970. The van der Waals surface area contributed by atoms with Gasteiger partial charge in [0.25, 0.3) is 0 Å². The van der Waals surface area contributed by atoms with Gasteiger partial charge in [-0.1, -0.05) is 123 Å². The number of allylic oxidation sites excluding steroid dienone is 2. The van der Waals surface area contributed by atoms with E-state index in [9.17, 15) is 9.90 Å². The molecule has 271 valence electrons. The number of hydrogen-bond acceptors (Lipinski definition) is 4. The maximum absolute atomic E-state index is 12.2. The van der Waals surface area contributed by atoms with Crippen LogP contribution in [0.3, 0.4) is 0 Å². The molecule has 0 bridgehead atoms. The van der Waals surface area contributed by atoms with Crippen molar-refractivity contribution in [2.75, 3.05) is 0 Å². The summed E-state index contributed by atoms with van der Waals surface area (Å²) >= 11 is 1.91. The molecule has 1 radical (unpaired) electrons. The summed E-state index contributed by atoms with van der Waals surface area (Å²) in [7, 11) is 0. The number of fused-ring (bicyclic) bond motifs is 3. The van der Waals surface area contributed by atoms with Gasteiger partial charge in [-0.05, 0) is 72.8 Å².